The van der Waals surface area contributed by atoms with Crippen LogP contribution in [0.15, 0.2) is 16.9 Å². The molecule has 0 saturated carbocycles. The second-order valence-corrected chi connectivity index (χ2v) is 7.78. The van der Waals surface area contributed by atoms with Gasteiger partial charge < -0.3 is 14.8 Å². The quantitative estimate of drug-likeness (QED) is 0.639. The molecule has 0 spiro atoms. The zero-order valence-corrected chi connectivity index (χ0v) is 17.8. The molecule has 0 unspecified atom stereocenters. The van der Waals surface area contributed by atoms with Crippen molar-refractivity contribution in [3.63, 3.8) is 0 Å². The Hall–Kier alpha value is -2.20. The van der Waals surface area contributed by atoms with E-state index in [2.05, 4.69) is 26.3 Å². The minimum absolute atomic E-state index is 0.0457. The van der Waals surface area contributed by atoms with Gasteiger partial charge in [0.1, 0.15) is 16.4 Å². The Morgan fingerprint density at radius 2 is 2.04 bits per heavy atom. The summed E-state index contributed by atoms with van der Waals surface area (Å²) in [5.74, 6) is -1.54. The largest absolute Gasteiger partial charge is 0.462 e. The lowest BCUT2D eigenvalue weighted by Crippen LogP contribution is -2.20. The lowest BCUT2D eigenvalue weighted by atomic mass is 10.1. The molecule has 2 aromatic rings. The van der Waals surface area contributed by atoms with E-state index in [1.165, 1.54) is 4.68 Å². The van der Waals surface area contributed by atoms with Crippen molar-refractivity contribution in [1.82, 2.24) is 9.78 Å². The molecule has 0 fully saturated rings. The molecule has 1 amide bonds. The van der Waals surface area contributed by atoms with Crippen LogP contribution in [0, 0.1) is 6.92 Å². The summed E-state index contributed by atoms with van der Waals surface area (Å²) in [4.78, 5) is 37.3. The number of nitrogens with one attached hydrogen (secondary N) is 1. The number of rotatable bonds is 7. The van der Waals surface area contributed by atoms with Crippen LogP contribution in [0.5, 0.6) is 0 Å². The van der Waals surface area contributed by atoms with Gasteiger partial charge in [-0.1, -0.05) is 0 Å². The maximum absolute atomic E-state index is 12.5. The van der Waals surface area contributed by atoms with Crippen molar-refractivity contribution in [2.24, 2.45) is 0 Å². The number of anilines is 1. The van der Waals surface area contributed by atoms with E-state index in [1.54, 1.807) is 40.1 Å². The molecular weight excluding hydrogens is 438 g/mol. The van der Waals surface area contributed by atoms with E-state index in [-0.39, 0.29) is 40.6 Å². The molecule has 27 heavy (non-hydrogen) atoms. The molecular formula is C17H20BrN3O5S. The Balaban J connectivity index is 2.31. The van der Waals surface area contributed by atoms with Gasteiger partial charge in [0.2, 0.25) is 5.91 Å². The molecule has 0 radical (unpaired) electrons. The van der Waals surface area contributed by atoms with Gasteiger partial charge in [0.15, 0.2) is 0 Å². The van der Waals surface area contributed by atoms with Crippen molar-refractivity contribution in [2.75, 3.05) is 11.9 Å². The van der Waals surface area contributed by atoms with Crippen LogP contribution in [0.25, 0.3) is 0 Å². The van der Waals surface area contributed by atoms with Crippen LogP contribution in [0.1, 0.15) is 46.4 Å². The highest BCUT2D eigenvalue weighted by atomic mass is 79.9. The van der Waals surface area contributed by atoms with Crippen molar-refractivity contribution in [3.05, 3.63) is 32.9 Å². The monoisotopic (exact) mass is 457 g/mol. The van der Waals surface area contributed by atoms with Crippen molar-refractivity contribution in [3.8, 4) is 0 Å². The second-order valence-electron chi connectivity index (χ2n) is 5.84. The lowest BCUT2D eigenvalue weighted by molar-refractivity contribution is -0.116. The fourth-order valence-corrected chi connectivity index (χ4v) is 3.68. The van der Waals surface area contributed by atoms with Gasteiger partial charge in [0, 0.05) is 6.20 Å². The van der Waals surface area contributed by atoms with Crippen LogP contribution < -0.4 is 5.32 Å². The molecule has 0 aliphatic rings. The van der Waals surface area contributed by atoms with E-state index < -0.39 is 11.9 Å². The lowest BCUT2D eigenvalue weighted by Gasteiger charge is -2.10. The first-order valence-corrected chi connectivity index (χ1v) is 9.83. The predicted octanol–water partition coefficient (Wildman–Crippen LogP) is 3.40. The van der Waals surface area contributed by atoms with E-state index in [1.807, 2.05) is 0 Å². The number of thiophene rings is 1. The Morgan fingerprint density at radius 1 is 1.33 bits per heavy atom. The summed E-state index contributed by atoms with van der Waals surface area (Å²) in [7, 11) is 0. The second kappa shape index (κ2) is 9.14. The van der Waals surface area contributed by atoms with Crippen molar-refractivity contribution in [2.45, 2.75) is 40.3 Å². The molecule has 2 rings (SSSR count). The van der Waals surface area contributed by atoms with Crippen LogP contribution in [0.4, 0.5) is 5.00 Å². The molecule has 0 bridgehead atoms. The first-order chi connectivity index (χ1) is 12.7. The number of esters is 2. The molecule has 2 heterocycles. The molecule has 2 aromatic heterocycles. The van der Waals surface area contributed by atoms with E-state index in [0.29, 0.717) is 5.56 Å². The van der Waals surface area contributed by atoms with Gasteiger partial charge in [-0.25, -0.2) is 9.59 Å². The van der Waals surface area contributed by atoms with Gasteiger partial charge in [0.25, 0.3) is 0 Å². The summed E-state index contributed by atoms with van der Waals surface area (Å²) in [6.45, 7) is 6.92. The number of nitrogens with zero attached hydrogens (tertiary/aromatic N) is 2. The summed E-state index contributed by atoms with van der Waals surface area (Å²) in [6, 6.07) is 0. The first-order valence-electron chi connectivity index (χ1n) is 8.22. The van der Waals surface area contributed by atoms with E-state index in [0.717, 1.165) is 15.8 Å². The average Bonchev–Trinajstić information content (AvgIpc) is 3.10. The molecule has 0 aliphatic heterocycles. The topological polar surface area (TPSA) is 99.5 Å². The fraction of sp³-hybridized carbons (Fsp3) is 0.412. The van der Waals surface area contributed by atoms with E-state index in [4.69, 9.17) is 9.47 Å². The van der Waals surface area contributed by atoms with Gasteiger partial charge in [-0.15, -0.1) is 11.3 Å². The zero-order valence-electron chi connectivity index (χ0n) is 15.4. The molecule has 0 aromatic carbocycles. The predicted molar refractivity (Wildman–Crippen MR) is 104 cm³/mol. The maximum Gasteiger partial charge on any atom is 0.348 e. The molecule has 8 nitrogen and oxygen atoms in total. The normalized spacial score (nSPS) is 10.7. The summed E-state index contributed by atoms with van der Waals surface area (Å²) in [5, 5.41) is 6.94. The number of hydrogen-bond acceptors (Lipinski definition) is 7. The minimum Gasteiger partial charge on any atom is -0.462 e. The number of carbonyl (C=O) groups excluding carboxylic acids is 3. The SMILES string of the molecule is CCOC(=O)c1sc(NC(=O)Cn2cc(Br)cn2)c(C(=O)OC(C)C)c1C. The van der Waals surface area contributed by atoms with Crippen molar-refractivity contribution < 1.29 is 23.9 Å². The summed E-state index contributed by atoms with van der Waals surface area (Å²) in [5.41, 5.74) is 0.577. The first kappa shape index (κ1) is 21.1. The van der Waals surface area contributed by atoms with Crippen LogP contribution >= 0.6 is 27.3 Å². The maximum atomic E-state index is 12.5. The van der Waals surface area contributed by atoms with Gasteiger partial charge in [-0.2, -0.15) is 5.10 Å². The minimum atomic E-state index is -0.605. The number of hydrogen-bond donors (Lipinski definition) is 1. The van der Waals surface area contributed by atoms with Crippen LogP contribution in [-0.4, -0.2) is 40.3 Å². The Bertz CT molecular complexity index is 859. The third-order valence-corrected chi connectivity index (χ3v) is 4.91. The van der Waals surface area contributed by atoms with Crippen LogP contribution in [-0.2, 0) is 20.8 Å². The summed E-state index contributed by atoms with van der Waals surface area (Å²) < 4.78 is 12.5. The summed E-state index contributed by atoms with van der Waals surface area (Å²) >= 11 is 4.25. The van der Waals surface area contributed by atoms with Gasteiger partial charge in [0.05, 0.1) is 28.9 Å². The van der Waals surface area contributed by atoms with Crippen LogP contribution in [0.3, 0.4) is 0 Å². The molecule has 0 aliphatic carbocycles. The van der Waals surface area contributed by atoms with Crippen molar-refractivity contribution >= 4 is 50.1 Å². The highest BCUT2D eigenvalue weighted by Crippen LogP contribution is 2.34. The van der Waals surface area contributed by atoms with Gasteiger partial charge in [-0.05, 0) is 49.2 Å². The number of halogens is 1. The summed E-state index contributed by atoms with van der Waals surface area (Å²) in [6.07, 6.45) is 2.87. The number of amides is 1. The fourth-order valence-electron chi connectivity index (χ4n) is 2.25. The van der Waals surface area contributed by atoms with Crippen LogP contribution in [0.2, 0.25) is 0 Å². The zero-order chi connectivity index (χ0) is 20.1. The van der Waals surface area contributed by atoms with Crippen molar-refractivity contribution in [1.29, 1.82) is 0 Å². The van der Waals surface area contributed by atoms with Gasteiger partial charge >= 0.3 is 11.9 Å². The average molecular weight is 458 g/mol. The Kier molecular flexibility index (Phi) is 7.14. The Labute approximate surface area is 169 Å². The third-order valence-electron chi connectivity index (χ3n) is 3.31. The number of carbonyl (C=O) groups is 3. The molecule has 146 valence electrons. The smallest absolute Gasteiger partial charge is 0.348 e. The number of ether oxygens (including phenoxy) is 2. The molecule has 0 atom stereocenters. The highest BCUT2D eigenvalue weighted by molar-refractivity contribution is 9.10. The number of aromatic nitrogens is 2. The highest BCUT2D eigenvalue weighted by Gasteiger charge is 2.28. The standard InChI is InChI=1S/C17H20BrN3O5S/c1-5-25-17(24)14-10(4)13(16(23)26-9(2)3)15(27-14)20-12(22)8-21-7-11(18)6-19-21/h6-7,9H,5,8H2,1-4H3,(H,20,22). The van der Waals surface area contributed by atoms with Gasteiger partial charge in [-0.3, -0.25) is 9.48 Å². The third kappa shape index (κ3) is 5.39. The van der Waals surface area contributed by atoms with E-state index >= 15 is 0 Å². The molecule has 0 saturated heterocycles. The molecule has 1 N–H and O–H groups in total. The van der Waals surface area contributed by atoms with E-state index in [9.17, 15) is 14.4 Å². The molecule has 10 heteroatoms. The Morgan fingerprint density at radius 3 is 2.59 bits per heavy atom.